The van der Waals surface area contributed by atoms with Gasteiger partial charge in [-0.1, -0.05) is 6.07 Å². The highest BCUT2D eigenvalue weighted by molar-refractivity contribution is 6.04. The fourth-order valence-corrected chi connectivity index (χ4v) is 4.03. The molecule has 34 heavy (non-hydrogen) atoms. The first-order valence-electron chi connectivity index (χ1n) is 11.1. The second-order valence-electron chi connectivity index (χ2n) is 8.19. The standard InChI is InChI=1S/C24H26N6O4/c1-34-10-4-9-30-21-20(12-18(14-26-21)23(33)29-8-3-7-19(31)15-29)27-24(30)28-22(32)17-6-2-5-16(11-17)13-25/h2,5-6,11-12,14,19,31H,3-4,7-10,15H2,1H3,(H,27,28,32). The van der Waals surface area contributed by atoms with Gasteiger partial charge in [-0.15, -0.1) is 0 Å². The molecule has 1 aromatic carbocycles. The maximum Gasteiger partial charge on any atom is 0.258 e. The Hall–Kier alpha value is -3.81. The first-order chi connectivity index (χ1) is 16.5. The molecule has 1 saturated heterocycles. The van der Waals surface area contributed by atoms with Gasteiger partial charge >= 0.3 is 0 Å². The van der Waals surface area contributed by atoms with Gasteiger partial charge in [-0.05, 0) is 43.5 Å². The largest absolute Gasteiger partial charge is 0.391 e. The fraction of sp³-hybridized carbons (Fsp3) is 0.375. The normalized spacial score (nSPS) is 15.8. The Kier molecular flexibility index (Phi) is 7.15. The molecule has 3 heterocycles. The quantitative estimate of drug-likeness (QED) is 0.514. The number of piperidine rings is 1. The number of fused-ring (bicyclic) bond motifs is 1. The van der Waals surface area contributed by atoms with Crippen molar-refractivity contribution in [1.82, 2.24) is 19.4 Å². The van der Waals surface area contributed by atoms with E-state index < -0.39 is 12.0 Å². The van der Waals surface area contributed by atoms with Crippen LogP contribution in [0.4, 0.5) is 5.95 Å². The van der Waals surface area contributed by atoms with E-state index in [1.54, 1.807) is 40.8 Å². The first-order valence-corrected chi connectivity index (χ1v) is 11.1. The smallest absolute Gasteiger partial charge is 0.258 e. The first kappa shape index (κ1) is 23.4. The van der Waals surface area contributed by atoms with Gasteiger partial charge in [0.25, 0.3) is 11.8 Å². The molecule has 10 nitrogen and oxygen atoms in total. The van der Waals surface area contributed by atoms with Crippen molar-refractivity contribution in [3.05, 3.63) is 53.2 Å². The Balaban J connectivity index is 1.64. The molecule has 176 valence electrons. The van der Waals surface area contributed by atoms with Crippen LogP contribution in [-0.2, 0) is 11.3 Å². The van der Waals surface area contributed by atoms with E-state index in [2.05, 4.69) is 15.3 Å². The van der Waals surface area contributed by atoms with E-state index in [0.717, 1.165) is 6.42 Å². The summed E-state index contributed by atoms with van der Waals surface area (Å²) in [6.07, 6.45) is 3.09. The maximum atomic E-state index is 12.9. The molecule has 0 saturated carbocycles. The minimum Gasteiger partial charge on any atom is -0.391 e. The van der Waals surface area contributed by atoms with Crippen molar-refractivity contribution in [3.63, 3.8) is 0 Å². The van der Waals surface area contributed by atoms with Crippen LogP contribution in [0.2, 0.25) is 0 Å². The van der Waals surface area contributed by atoms with E-state index in [1.807, 2.05) is 6.07 Å². The number of nitrogens with zero attached hydrogens (tertiary/aromatic N) is 5. The van der Waals surface area contributed by atoms with Crippen molar-refractivity contribution >= 4 is 28.9 Å². The van der Waals surface area contributed by atoms with Gasteiger partial charge in [-0.3, -0.25) is 19.5 Å². The SMILES string of the molecule is COCCCn1c(NC(=O)c2cccc(C#N)c2)nc2cc(C(=O)N3CCCC(O)C3)cnc21. The number of hydrogen-bond acceptors (Lipinski definition) is 7. The number of hydrogen-bond donors (Lipinski definition) is 2. The lowest BCUT2D eigenvalue weighted by Crippen LogP contribution is -2.42. The number of aliphatic hydroxyl groups excluding tert-OH is 1. The minimum absolute atomic E-state index is 0.207. The van der Waals surface area contributed by atoms with Crippen LogP contribution in [0.25, 0.3) is 11.2 Å². The Labute approximate surface area is 196 Å². The number of rotatable bonds is 7. The highest BCUT2D eigenvalue weighted by Crippen LogP contribution is 2.22. The summed E-state index contributed by atoms with van der Waals surface area (Å²) < 4.78 is 6.93. The summed E-state index contributed by atoms with van der Waals surface area (Å²) in [4.78, 5) is 36.4. The zero-order chi connectivity index (χ0) is 24.1. The number of carbonyl (C=O) groups excluding carboxylic acids is 2. The molecule has 2 aromatic heterocycles. The highest BCUT2D eigenvalue weighted by Gasteiger charge is 2.24. The summed E-state index contributed by atoms with van der Waals surface area (Å²) in [5, 5.41) is 21.8. The number of likely N-dealkylation sites (tertiary alicyclic amines) is 1. The second-order valence-corrected chi connectivity index (χ2v) is 8.19. The lowest BCUT2D eigenvalue weighted by atomic mass is 10.1. The number of nitriles is 1. The van der Waals surface area contributed by atoms with Gasteiger partial charge in [0.15, 0.2) is 5.65 Å². The van der Waals surface area contributed by atoms with Gasteiger partial charge < -0.3 is 14.7 Å². The molecule has 2 amide bonds. The van der Waals surface area contributed by atoms with Crippen molar-refractivity contribution in [1.29, 1.82) is 5.26 Å². The maximum absolute atomic E-state index is 12.9. The van der Waals surface area contributed by atoms with Crippen LogP contribution >= 0.6 is 0 Å². The Morgan fingerprint density at radius 3 is 2.94 bits per heavy atom. The van der Waals surface area contributed by atoms with Crippen molar-refractivity contribution in [3.8, 4) is 6.07 Å². The summed E-state index contributed by atoms with van der Waals surface area (Å²) >= 11 is 0. The lowest BCUT2D eigenvalue weighted by Gasteiger charge is -2.30. The number of aryl methyl sites for hydroxylation is 1. The molecule has 2 N–H and O–H groups in total. The van der Waals surface area contributed by atoms with Crippen molar-refractivity contribution < 1.29 is 19.4 Å². The number of methoxy groups -OCH3 is 1. The number of aliphatic hydroxyl groups is 1. The molecule has 3 aromatic rings. The summed E-state index contributed by atoms with van der Waals surface area (Å²) in [6.45, 7) is 1.90. The number of aromatic nitrogens is 3. The van der Waals surface area contributed by atoms with Crippen LogP contribution in [0.1, 0.15) is 45.5 Å². The number of carbonyl (C=O) groups is 2. The number of amides is 2. The van der Waals surface area contributed by atoms with E-state index in [0.29, 0.717) is 72.9 Å². The van der Waals surface area contributed by atoms with Gasteiger partial charge in [-0.25, -0.2) is 9.97 Å². The van der Waals surface area contributed by atoms with Crippen LogP contribution in [0.3, 0.4) is 0 Å². The zero-order valence-corrected chi connectivity index (χ0v) is 18.9. The summed E-state index contributed by atoms with van der Waals surface area (Å²) in [5.74, 6) is -0.316. The second kappa shape index (κ2) is 10.4. The number of anilines is 1. The number of β-amino-alcohol motifs (C(OH)–C–C–N with tert-alkyl or cyclic N) is 1. The average Bonchev–Trinajstić information content (AvgIpc) is 3.19. The molecule has 0 radical (unpaired) electrons. The number of pyridine rings is 1. The predicted molar refractivity (Wildman–Crippen MR) is 124 cm³/mol. The number of ether oxygens (including phenoxy) is 1. The Morgan fingerprint density at radius 1 is 1.32 bits per heavy atom. The van der Waals surface area contributed by atoms with E-state index in [9.17, 15) is 14.7 Å². The fourth-order valence-electron chi connectivity index (χ4n) is 4.03. The van der Waals surface area contributed by atoms with Crippen LogP contribution < -0.4 is 5.32 Å². The third-order valence-electron chi connectivity index (χ3n) is 5.72. The molecule has 1 atom stereocenters. The highest BCUT2D eigenvalue weighted by atomic mass is 16.5. The van der Waals surface area contributed by atoms with Gasteiger partial charge in [0.05, 0.1) is 23.3 Å². The third kappa shape index (κ3) is 5.06. The predicted octanol–water partition coefficient (Wildman–Crippen LogP) is 2.19. The van der Waals surface area contributed by atoms with Gasteiger partial charge in [0, 0.05) is 45.1 Å². The zero-order valence-electron chi connectivity index (χ0n) is 18.9. The topological polar surface area (TPSA) is 133 Å². The molecule has 1 aliphatic heterocycles. The van der Waals surface area contributed by atoms with Crippen LogP contribution in [0, 0.1) is 11.3 Å². The lowest BCUT2D eigenvalue weighted by molar-refractivity contribution is 0.0473. The molecule has 0 spiro atoms. The van der Waals surface area contributed by atoms with Crippen LogP contribution in [0.15, 0.2) is 36.5 Å². The Morgan fingerprint density at radius 2 is 2.18 bits per heavy atom. The molecule has 1 unspecified atom stereocenters. The van der Waals surface area contributed by atoms with Crippen molar-refractivity contribution in [2.45, 2.75) is 31.9 Å². The van der Waals surface area contributed by atoms with Crippen molar-refractivity contribution in [2.24, 2.45) is 0 Å². The van der Waals surface area contributed by atoms with Crippen molar-refractivity contribution in [2.75, 3.05) is 32.1 Å². The van der Waals surface area contributed by atoms with Gasteiger partial charge in [0.1, 0.15) is 5.52 Å². The molecule has 1 fully saturated rings. The van der Waals surface area contributed by atoms with E-state index >= 15 is 0 Å². The van der Waals surface area contributed by atoms with Crippen LogP contribution in [0.5, 0.6) is 0 Å². The summed E-state index contributed by atoms with van der Waals surface area (Å²) in [6, 6.07) is 10.1. The van der Waals surface area contributed by atoms with E-state index in [4.69, 9.17) is 10.00 Å². The average molecular weight is 463 g/mol. The van der Waals surface area contributed by atoms with E-state index in [-0.39, 0.29) is 5.91 Å². The third-order valence-corrected chi connectivity index (χ3v) is 5.72. The monoisotopic (exact) mass is 462 g/mol. The summed E-state index contributed by atoms with van der Waals surface area (Å²) in [5.41, 5.74) is 2.10. The molecular formula is C24H26N6O4. The molecule has 4 rings (SSSR count). The van der Waals surface area contributed by atoms with Gasteiger partial charge in [-0.2, -0.15) is 5.26 Å². The number of benzene rings is 1. The molecule has 10 heteroatoms. The summed E-state index contributed by atoms with van der Waals surface area (Å²) in [7, 11) is 1.62. The van der Waals surface area contributed by atoms with Crippen LogP contribution in [-0.4, -0.2) is 69.3 Å². The number of nitrogens with one attached hydrogen (secondary N) is 1. The molecule has 1 aliphatic rings. The Bertz CT molecular complexity index is 1250. The van der Waals surface area contributed by atoms with E-state index in [1.165, 1.54) is 12.3 Å². The molecule has 0 bridgehead atoms. The molecule has 0 aliphatic carbocycles. The number of imidazole rings is 1. The minimum atomic E-state index is -0.518. The van der Waals surface area contributed by atoms with Gasteiger partial charge in [0.2, 0.25) is 5.95 Å². The molecular weight excluding hydrogens is 436 g/mol.